The first kappa shape index (κ1) is 12.3. The van der Waals surface area contributed by atoms with E-state index in [0.717, 1.165) is 19.0 Å². The molecule has 0 spiro atoms. The predicted octanol–water partition coefficient (Wildman–Crippen LogP) is -0.298. The molecule has 1 aliphatic rings. The van der Waals surface area contributed by atoms with Crippen molar-refractivity contribution in [2.75, 3.05) is 38.7 Å². The summed E-state index contributed by atoms with van der Waals surface area (Å²) in [6.45, 7) is 2.46. The van der Waals surface area contributed by atoms with Gasteiger partial charge in [0.2, 0.25) is 0 Å². The molecule has 0 aliphatic carbocycles. The topological polar surface area (TPSA) is 61.8 Å². The first-order valence-electron chi connectivity index (χ1n) is 5.16. The lowest BCUT2D eigenvalue weighted by Gasteiger charge is -2.20. The van der Waals surface area contributed by atoms with Crippen molar-refractivity contribution in [1.29, 1.82) is 0 Å². The second-order valence-electron chi connectivity index (χ2n) is 3.80. The Morgan fingerprint density at radius 1 is 1.40 bits per heavy atom. The lowest BCUT2D eigenvalue weighted by molar-refractivity contribution is 0.496. The summed E-state index contributed by atoms with van der Waals surface area (Å²) < 4.78 is 21.9. The third kappa shape index (κ3) is 4.51. The van der Waals surface area contributed by atoms with Crippen molar-refractivity contribution in [2.45, 2.75) is 12.8 Å². The Balaban J connectivity index is 2.35. The summed E-state index contributed by atoms with van der Waals surface area (Å²) in [5.74, 6) is 0.969. The number of likely N-dealkylation sites (tertiary alicyclic amines) is 1. The summed E-state index contributed by atoms with van der Waals surface area (Å²) in [7, 11) is -1.16. The maximum atomic E-state index is 10.9. The lowest BCUT2D eigenvalue weighted by Crippen LogP contribution is -2.41. The third-order valence-electron chi connectivity index (χ3n) is 2.37. The third-order valence-corrected chi connectivity index (χ3v) is 3.32. The Hall–Kier alpha value is -0.780. The molecule has 0 aromatic heterocycles. The largest absolute Gasteiger partial charge is 0.355 e. The van der Waals surface area contributed by atoms with E-state index in [9.17, 15) is 8.42 Å². The number of sulfone groups is 1. The molecule has 1 N–H and O–H groups in total. The monoisotopic (exact) mass is 233 g/mol. The molecule has 0 radical (unpaired) electrons. The van der Waals surface area contributed by atoms with Gasteiger partial charge in [-0.25, -0.2) is 8.42 Å². The molecule has 6 heteroatoms. The molecule has 0 aromatic carbocycles. The van der Waals surface area contributed by atoms with E-state index < -0.39 is 9.84 Å². The highest BCUT2D eigenvalue weighted by atomic mass is 32.2. The Bertz CT molecular complexity index is 318. The molecule has 5 nitrogen and oxygen atoms in total. The fourth-order valence-electron chi connectivity index (χ4n) is 1.61. The van der Waals surface area contributed by atoms with Crippen LogP contribution in [0.1, 0.15) is 12.8 Å². The Kier molecular flexibility index (Phi) is 4.38. The maximum absolute atomic E-state index is 10.9. The molecular weight excluding hydrogens is 214 g/mol. The predicted molar refractivity (Wildman–Crippen MR) is 61.9 cm³/mol. The molecule has 1 rings (SSSR count). The Labute approximate surface area is 91.5 Å². The normalized spacial score (nSPS) is 18.3. The van der Waals surface area contributed by atoms with Gasteiger partial charge in [0.25, 0.3) is 0 Å². The average molecular weight is 233 g/mol. The fourth-order valence-corrected chi connectivity index (χ4v) is 2.08. The summed E-state index contributed by atoms with van der Waals surface area (Å²) in [5, 5.41) is 3.06. The van der Waals surface area contributed by atoms with E-state index in [1.54, 1.807) is 7.05 Å². The number of nitrogens with one attached hydrogen (secondary N) is 1. The summed E-state index contributed by atoms with van der Waals surface area (Å²) in [4.78, 5) is 6.28. The van der Waals surface area contributed by atoms with Crippen LogP contribution in [0.2, 0.25) is 0 Å². The summed E-state index contributed by atoms with van der Waals surface area (Å²) in [5.41, 5.74) is 0. The van der Waals surface area contributed by atoms with Crippen molar-refractivity contribution in [3.63, 3.8) is 0 Å². The summed E-state index contributed by atoms with van der Waals surface area (Å²) in [6.07, 6.45) is 3.62. The van der Waals surface area contributed by atoms with Crippen molar-refractivity contribution in [1.82, 2.24) is 10.2 Å². The van der Waals surface area contributed by atoms with Crippen molar-refractivity contribution in [3.8, 4) is 0 Å². The highest BCUT2D eigenvalue weighted by Gasteiger charge is 2.15. The molecule has 1 fully saturated rings. The molecule has 0 saturated carbocycles. The molecule has 88 valence electrons. The second kappa shape index (κ2) is 5.34. The second-order valence-corrected chi connectivity index (χ2v) is 6.06. The van der Waals surface area contributed by atoms with Crippen LogP contribution in [0.25, 0.3) is 0 Å². The van der Waals surface area contributed by atoms with E-state index in [0.29, 0.717) is 6.54 Å². The van der Waals surface area contributed by atoms with Crippen molar-refractivity contribution in [3.05, 3.63) is 0 Å². The van der Waals surface area contributed by atoms with Crippen LogP contribution in [0.15, 0.2) is 4.99 Å². The van der Waals surface area contributed by atoms with Crippen molar-refractivity contribution < 1.29 is 8.42 Å². The molecule has 1 saturated heterocycles. The van der Waals surface area contributed by atoms with E-state index in [2.05, 4.69) is 15.2 Å². The zero-order valence-electron chi connectivity index (χ0n) is 9.36. The van der Waals surface area contributed by atoms with Crippen LogP contribution in [0.3, 0.4) is 0 Å². The number of rotatable bonds is 3. The van der Waals surface area contributed by atoms with E-state index in [4.69, 9.17) is 0 Å². The molecule has 0 unspecified atom stereocenters. The van der Waals surface area contributed by atoms with Crippen molar-refractivity contribution >= 4 is 15.8 Å². The average Bonchev–Trinajstić information content (AvgIpc) is 2.63. The van der Waals surface area contributed by atoms with Gasteiger partial charge in [-0.2, -0.15) is 0 Å². The van der Waals surface area contributed by atoms with Gasteiger partial charge in [0.1, 0.15) is 9.84 Å². The van der Waals surface area contributed by atoms with Gasteiger partial charge in [0.15, 0.2) is 5.96 Å². The summed E-state index contributed by atoms with van der Waals surface area (Å²) >= 11 is 0. The van der Waals surface area contributed by atoms with Crippen LogP contribution >= 0.6 is 0 Å². The minimum Gasteiger partial charge on any atom is -0.355 e. The molecule has 0 amide bonds. The first-order valence-corrected chi connectivity index (χ1v) is 7.22. The quantitative estimate of drug-likeness (QED) is 0.537. The van der Waals surface area contributed by atoms with Crippen LogP contribution in [0.4, 0.5) is 0 Å². The van der Waals surface area contributed by atoms with Gasteiger partial charge < -0.3 is 10.2 Å². The number of guanidine groups is 1. The molecule has 1 heterocycles. The highest BCUT2D eigenvalue weighted by Crippen LogP contribution is 2.06. The lowest BCUT2D eigenvalue weighted by atomic mass is 10.4. The van der Waals surface area contributed by atoms with Gasteiger partial charge in [0, 0.05) is 32.9 Å². The standard InChI is InChI=1S/C9H19N3O2S/c1-10-9(12-6-3-4-7-12)11-5-8-15(2,13)14/h3-8H2,1-2H3,(H,10,11). The van der Waals surface area contributed by atoms with Crippen molar-refractivity contribution in [2.24, 2.45) is 4.99 Å². The fraction of sp³-hybridized carbons (Fsp3) is 0.889. The van der Waals surface area contributed by atoms with Gasteiger partial charge in [-0.15, -0.1) is 0 Å². The van der Waals surface area contributed by atoms with Crippen LogP contribution in [-0.2, 0) is 9.84 Å². The van der Waals surface area contributed by atoms with Gasteiger partial charge in [-0.1, -0.05) is 0 Å². The van der Waals surface area contributed by atoms with E-state index in [-0.39, 0.29) is 5.75 Å². The number of hydrogen-bond acceptors (Lipinski definition) is 3. The first-order chi connectivity index (χ1) is 7.03. The van der Waals surface area contributed by atoms with Gasteiger partial charge in [-0.05, 0) is 12.8 Å². The zero-order chi connectivity index (χ0) is 11.3. The van der Waals surface area contributed by atoms with E-state index >= 15 is 0 Å². The smallest absolute Gasteiger partial charge is 0.193 e. The molecule has 0 aromatic rings. The zero-order valence-corrected chi connectivity index (χ0v) is 10.2. The van der Waals surface area contributed by atoms with Crippen LogP contribution in [0, 0.1) is 0 Å². The van der Waals surface area contributed by atoms with Gasteiger partial charge >= 0.3 is 0 Å². The van der Waals surface area contributed by atoms with E-state index in [1.807, 2.05) is 0 Å². The van der Waals surface area contributed by atoms with Gasteiger partial charge in [-0.3, -0.25) is 4.99 Å². The number of hydrogen-bond donors (Lipinski definition) is 1. The Morgan fingerprint density at radius 3 is 2.47 bits per heavy atom. The van der Waals surface area contributed by atoms with Crippen LogP contribution in [0.5, 0.6) is 0 Å². The van der Waals surface area contributed by atoms with Crippen LogP contribution in [-0.4, -0.2) is 58.0 Å². The molecular formula is C9H19N3O2S. The van der Waals surface area contributed by atoms with Crippen LogP contribution < -0.4 is 5.32 Å². The molecule has 1 aliphatic heterocycles. The number of nitrogens with zero attached hydrogens (tertiary/aromatic N) is 2. The van der Waals surface area contributed by atoms with Gasteiger partial charge in [0.05, 0.1) is 5.75 Å². The SMILES string of the molecule is CN=C(NCCS(C)(=O)=O)N1CCCC1. The van der Waals surface area contributed by atoms with E-state index in [1.165, 1.54) is 19.1 Å². The number of aliphatic imine (C=N–C) groups is 1. The summed E-state index contributed by atoms with van der Waals surface area (Å²) in [6, 6.07) is 0. The molecule has 0 atom stereocenters. The highest BCUT2D eigenvalue weighted by molar-refractivity contribution is 7.90. The minimum absolute atomic E-state index is 0.153. The maximum Gasteiger partial charge on any atom is 0.193 e. The minimum atomic E-state index is -2.89. The Morgan fingerprint density at radius 2 is 2.00 bits per heavy atom. The molecule has 15 heavy (non-hydrogen) atoms. The molecule has 0 bridgehead atoms.